The smallest absolute Gasteiger partial charge is 0.244 e. The highest BCUT2D eigenvalue weighted by molar-refractivity contribution is 6.30. The summed E-state index contributed by atoms with van der Waals surface area (Å²) in [6.45, 7) is 0.617. The maximum absolute atomic E-state index is 14.5. The Bertz CT molecular complexity index is 1270. The maximum Gasteiger partial charge on any atom is 0.244 e. The number of carbonyl (C=O) groups excluding carboxylic acids is 2. The molecule has 176 valence electrons. The van der Waals surface area contributed by atoms with Gasteiger partial charge < -0.3 is 20.1 Å². The molecule has 0 bridgehead atoms. The third-order valence-electron chi connectivity index (χ3n) is 5.21. The van der Waals surface area contributed by atoms with Gasteiger partial charge in [-0.1, -0.05) is 17.7 Å². The largest absolute Gasteiger partial charge is 0.475 e. The standard InChI is InChI=1S/C23H19ClF2N4O4/c1-12-21-14(3-2-6-27-21)20-17(10-18(26)29-22(20)34-8-7-31)30(23(12)33)11-19(32)28-13-4-5-15(24)16(25)9-13/h2-6,9-10,12,31H,7-8,11H2,1H3,(H,28,32). The van der Waals surface area contributed by atoms with E-state index in [9.17, 15) is 23.5 Å². The van der Waals surface area contributed by atoms with Crippen LogP contribution < -0.4 is 15.0 Å². The molecule has 1 aromatic carbocycles. The van der Waals surface area contributed by atoms with Crippen LogP contribution in [0.3, 0.4) is 0 Å². The number of aromatic nitrogens is 2. The Balaban J connectivity index is 1.78. The van der Waals surface area contributed by atoms with Crippen molar-refractivity contribution in [2.45, 2.75) is 12.8 Å². The molecular formula is C23H19ClF2N4O4. The predicted octanol–water partition coefficient (Wildman–Crippen LogP) is 3.54. The van der Waals surface area contributed by atoms with Crippen molar-refractivity contribution in [3.63, 3.8) is 0 Å². The summed E-state index contributed by atoms with van der Waals surface area (Å²) in [4.78, 5) is 35.4. The molecule has 11 heteroatoms. The van der Waals surface area contributed by atoms with Crippen molar-refractivity contribution in [2.24, 2.45) is 0 Å². The third kappa shape index (κ3) is 4.55. The fourth-order valence-corrected chi connectivity index (χ4v) is 3.83. The topological polar surface area (TPSA) is 105 Å². The first-order valence-corrected chi connectivity index (χ1v) is 10.6. The summed E-state index contributed by atoms with van der Waals surface area (Å²) in [7, 11) is 0. The van der Waals surface area contributed by atoms with Crippen molar-refractivity contribution in [1.82, 2.24) is 9.97 Å². The first kappa shape index (κ1) is 23.5. The number of aliphatic hydroxyl groups is 1. The molecule has 3 aromatic rings. The van der Waals surface area contributed by atoms with E-state index in [1.54, 1.807) is 19.1 Å². The molecule has 8 nitrogen and oxygen atoms in total. The first-order chi connectivity index (χ1) is 16.3. The van der Waals surface area contributed by atoms with Crippen LogP contribution in [0.1, 0.15) is 18.5 Å². The Hall–Kier alpha value is -3.63. The van der Waals surface area contributed by atoms with Crippen molar-refractivity contribution in [1.29, 1.82) is 0 Å². The van der Waals surface area contributed by atoms with E-state index in [0.717, 1.165) is 17.0 Å². The van der Waals surface area contributed by atoms with E-state index in [1.165, 1.54) is 18.3 Å². The molecule has 2 aromatic heterocycles. The maximum atomic E-state index is 14.5. The van der Waals surface area contributed by atoms with Gasteiger partial charge in [0.15, 0.2) is 0 Å². The molecule has 1 aliphatic heterocycles. The Labute approximate surface area is 198 Å². The Kier molecular flexibility index (Phi) is 6.71. The average Bonchev–Trinajstić information content (AvgIpc) is 2.89. The van der Waals surface area contributed by atoms with Gasteiger partial charge in [0.2, 0.25) is 23.6 Å². The number of benzene rings is 1. The summed E-state index contributed by atoms with van der Waals surface area (Å²) >= 11 is 5.68. The summed E-state index contributed by atoms with van der Waals surface area (Å²) in [5.41, 5.74) is 1.35. The molecule has 1 atom stereocenters. The summed E-state index contributed by atoms with van der Waals surface area (Å²) in [5, 5.41) is 11.6. The lowest BCUT2D eigenvalue weighted by atomic mass is 9.98. The summed E-state index contributed by atoms with van der Waals surface area (Å²) in [5.74, 6) is -3.74. The van der Waals surface area contributed by atoms with Crippen molar-refractivity contribution < 1.29 is 28.2 Å². The number of nitrogens with zero attached hydrogens (tertiary/aromatic N) is 3. The lowest BCUT2D eigenvalue weighted by Crippen LogP contribution is -2.40. The van der Waals surface area contributed by atoms with Gasteiger partial charge in [-0.15, -0.1) is 0 Å². The number of amides is 2. The number of pyridine rings is 2. The van der Waals surface area contributed by atoms with Crippen LogP contribution in [0.2, 0.25) is 5.02 Å². The molecule has 4 rings (SSSR count). The van der Waals surface area contributed by atoms with Crippen molar-refractivity contribution in [3.8, 4) is 17.0 Å². The van der Waals surface area contributed by atoms with Crippen LogP contribution in [0.25, 0.3) is 11.1 Å². The lowest BCUT2D eigenvalue weighted by Gasteiger charge is -2.25. The second kappa shape index (κ2) is 9.70. The second-order valence-corrected chi connectivity index (χ2v) is 7.88. The van der Waals surface area contributed by atoms with Crippen LogP contribution in [0.4, 0.5) is 20.2 Å². The minimum absolute atomic E-state index is 0.0569. The number of anilines is 2. The molecule has 1 aliphatic rings. The van der Waals surface area contributed by atoms with Gasteiger partial charge in [-0.2, -0.15) is 9.37 Å². The van der Waals surface area contributed by atoms with Gasteiger partial charge in [0, 0.05) is 23.5 Å². The number of nitrogens with one attached hydrogen (secondary N) is 1. The minimum Gasteiger partial charge on any atom is -0.475 e. The summed E-state index contributed by atoms with van der Waals surface area (Å²) in [6.07, 6.45) is 1.52. The first-order valence-electron chi connectivity index (χ1n) is 10.3. The van der Waals surface area contributed by atoms with E-state index in [1.807, 2.05) is 0 Å². The average molecular weight is 489 g/mol. The van der Waals surface area contributed by atoms with Crippen molar-refractivity contribution in [3.05, 3.63) is 65.1 Å². The Morgan fingerprint density at radius 3 is 2.82 bits per heavy atom. The van der Waals surface area contributed by atoms with E-state index in [2.05, 4.69) is 15.3 Å². The molecule has 0 aliphatic carbocycles. The van der Waals surface area contributed by atoms with E-state index in [-0.39, 0.29) is 41.1 Å². The fourth-order valence-electron chi connectivity index (χ4n) is 3.72. The van der Waals surface area contributed by atoms with Crippen LogP contribution in [0, 0.1) is 11.8 Å². The molecule has 0 fully saturated rings. The SMILES string of the molecule is CC1C(=O)N(CC(=O)Nc2ccc(Cl)c(F)c2)c2cc(F)nc(OCCO)c2-c2cccnc21. The molecular weight excluding hydrogens is 470 g/mol. The normalized spacial score (nSPS) is 14.8. The zero-order valence-corrected chi connectivity index (χ0v) is 18.6. The highest BCUT2D eigenvalue weighted by Crippen LogP contribution is 2.44. The van der Waals surface area contributed by atoms with Gasteiger partial charge in [-0.25, -0.2) is 4.39 Å². The number of hydrogen-bond donors (Lipinski definition) is 2. The Morgan fingerprint density at radius 2 is 2.09 bits per heavy atom. The van der Waals surface area contributed by atoms with Crippen LogP contribution in [-0.4, -0.2) is 46.6 Å². The Morgan fingerprint density at radius 1 is 1.29 bits per heavy atom. The highest BCUT2D eigenvalue weighted by Gasteiger charge is 2.36. The second-order valence-electron chi connectivity index (χ2n) is 7.48. The van der Waals surface area contributed by atoms with E-state index in [0.29, 0.717) is 11.3 Å². The van der Waals surface area contributed by atoms with Crippen LogP contribution >= 0.6 is 11.6 Å². The molecule has 3 heterocycles. The number of halogens is 3. The summed E-state index contributed by atoms with van der Waals surface area (Å²) < 4.78 is 33.7. The van der Waals surface area contributed by atoms with E-state index >= 15 is 0 Å². The molecule has 1 unspecified atom stereocenters. The van der Waals surface area contributed by atoms with E-state index < -0.39 is 36.0 Å². The number of rotatable bonds is 6. The van der Waals surface area contributed by atoms with Gasteiger partial charge in [0.1, 0.15) is 19.0 Å². The molecule has 2 N–H and O–H groups in total. The van der Waals surface area contributed by atoms with Gasteiger partial charge in [-0.05, 0) is 31.2 Å². The summed E-state index contributed by atoms with van der Waals surface area (Å²) in [6, 6.07) is 8.12. The molecule has 34 heavy (non-hydrogen) atoms. The fraction of sp³-hybridized carbons (Fsp3) is 0.217. The predicted molar refractivity (Wildman–Crippen MR) is 121 cm³/mol. The zero-order chi connectivity index (χ0) is 24.4. The van der Waals surface area contributed by atoms with Gasteiger partial charge in [0.25, 0.3) is 0 Å². The van der Waals surface area contributed by atoms with Gasteiger partial charge in [-0.3, -0.25) is 14.6 Å². The highest BCUT2D eigenvalue weighted by atomic mass is 35.5. The number of aliphatic hydroxyl groups excluding tert-OH is 1. The monoisotopic (exact) mass is 488 g/mol. The third-order valence-corrected chi connectivity index (χ3v) is 5.52. The van der Waals surface area contributed by atoms with Crippen molar-refractivity contribution >= 4 is 34.8 Å². The van der Waals surface area contributed by atoms with Gasteiger partial charge in [0.05, 0.1) is 34.5 Å². The molecule has 0 saturated heterocycles. The van der Waals surface area contributed by atoms with Crippen LogP contribution in [0.5, 0.6) is 5.88 Å². The number of fused-ring (bicyclic) bond motifs is 3. The van der Waals surface area contributed by atoms with Gasteiger partial charge >= 0.3 is 0 Å². The molecule has 0 spiro atoms. The van der Waals surface area contributed by atoms with Crippen molar-refractivity contribution in [2.75, 3.05) is 30.0 Å². The van der Waals surface area contributed by atoms with Crippen LogP contribution in [-0.2, 0) is 9.59 Å². The van der Waals surface area contributed by atoms with Crippen LogP contribution in [0.15, 0.2) is 42.6 Å². The molecule has 0 saturated carbocycles. The molecule has 0 radical (unpaired) electrons. The van der Waals surface area contributed by atoms with E-state index in [4.69, 9.17) is 16.3 Å². The number of ether oxygens (including phenoxy) is 1. The molecule has 2 amide bonds. The zero-order valence-electron chi connectivity index (χ0n) is 17.9. The quantitative estimate of drug-likeness (QED) is 0.514. The number of carbonyl (C=O) groups is 2. The lowest BCUT2D eigenvalue weighted by molar-refractivity contribution is -0.122. The minimum atomic E-state index is -0.940. The number of hydrogen-bond acceptors (Lipinski definition) is 6.